The van der Waals surface area contributed by atoms with Crippen LogP contribution in [0.15, 0.2) is 24.4 Å². The van der Waals surface area contributed by atoms with Crippen molar-refractivity contribution in [1.29, 1.82) is 0 Å². The second-order valence-corrected chi connectivity index (χ2v) is 3.47. The predicted octanol–water partition coefficient (Wildman–Crippen LogP) is 1.16. The topological polar surface area (TPSA) is 73.0 Å². The third kappa shape index (κ3) is 1.87. The van der Waals surface area contributed by atoms with E-state index in [9.17, 15) is 10.1 Å². The fraction of sp³-hybridized carbons (Fsp3) is 0.300. The maximum Gasteiger partial charge on any atom is 0.271 e. The zero-order valence-corrected chi connectivity index (χ0v) is 8.88. The zero-order valence-electron chi connectivity index (χ0n) is 8.88. The van der Waals surface area contributed by atoms with Gasteiger partial charge >= 0.3 is 0 Å². The summed E-state index contributed by atoms with van der Waals surface area (Å²) in [5.41, 5.74) is 0.892. The highest BCUT2D eigenvalue weighted by Crippen LogP contribution is 2.20. The lowest BCUT2D eigenvalue weighted by atomic mass is 10.2. The second kappa shape index (κ2) is 4.28. The molecule has 0 amide bonds. The van der Waals surface area contributed by atoms with Crippen LogP contribution in [0.1, 0.15) is 0 Å². The largest absolute Gasteiger partial charge is 0.318 e. The number of likely N-dealkylation sites (N-methyl/N-ethyl adjacent to an activating group) is 1. The van der Waals surface area contributed by atoms with Gasteiger partial charge in [-0.1, -0.05) is 0 Å². The Labute approximate surface area is 92.0 Å². The molecule has 0 radical (unpaired) electrons. The first-order valence-corrected chi connectivity index (χ1v) is 4.97. The van der Waals surface area contributed by atoms with E-state index in [-0.39, 0.29) is 5.69 Å². The molecule has 0 saturated heterocycles. The standard InChI is InChI=1S/C10H12N4O2/c1-11-4-5-13-10-6-9(14(15)16)3-2-8(10)7-12-13/h2-3,6-7,11H,4-5H2,1H3. The van der Waals surface area contributed by atoms with Gasteiger partial charge in [-0.3, -0.25) is 14.8 Å². The van der Waals surface area contributed by atoms with Crippen molar-refractivity contribution in [1.82, 2.24) is 15.1 Å². The molecule has 0 aliphatic rings. The number of aromatic nitrogens is 2. The van der Waals surface area contributed by atoms with Crippen LogP contribution in [0.4, 0.5) is 5.69 Å². The lowest BCUT2D eigenvalue weighted by Gasteiger charge is -2.02. The van der Waals surface area contributed by atoms with E-state index in [1.165, 1.54) is 6.07 Å². The Morgan fingerprint density at radius 2 is 2.38 bits per heavy atom. The van der Waals surface area contributed by atoms with E-state index in [2.05, 4.69) is 10.4 Å². The van der Waals surface area contributed by atoms with Crippen LogP contribution in [0, 0.1) is 10.1 Å². The fourth-order valence-electron chi connectivity index (χ4n) is 1.57. The lowest BCUT2D eigenvalue weighted by molar-refractivity contribution is -0.384. The van der Waals surface area contributed by atoms with Crippen molar-refractivity contribution >= 4 is 16.6 Å². The third-order valence-electron chi connectivity index (χ3n) is 2.41. The van der Waals surface area contributed by atoms with Crippen molar-refractivity contribution in [2.45, 2.75) is 6.54 Å². The number of benzene rings is 1. The highest BCUT2D eigenvalue weighted by atomic mass is 16.6. The molecule has 16 heavy (non-hydrogen) atoms. The van der Waals surface area contributed by atoms with Gasteiger partial charge in [0.1, 0.15) is 0 Å². The molecular formula is C10H12N4O2. The molecule has 1 aromatic carbocycles. The molecule has 1 aromatic heterocycles. The van der Waals surface area contributed by atoms with Gasteiger partial charge in [0, 0.05) is 24.1 Å². The molecule has 1 heterocycles. The summed E-state index contributed by atoms with van der Waals surface area (Å²) in [7, 11) is 1.86. The molecule has 0 spiro atoms. The van der Waals surface area contributed by atoms with Crippen molar-refractivity contribution in [3.05, 3.63) is 34.5 Å². The van der Waals surface area contributed by atoms with E-state index in [0.717, 1.165) is 17.4 Å². The Kier molecular flexibility index (Phi) is 2.82. The normalized spacial score (nSPS) is 10.8. The number of non-ortho nitro benzene ring substituents is 1. The van der Waals surface area contributed by atoms with Crippen molar-refractivity contribution in [3.63, 3.8) is 0 Å². The Morgan fingerprint density at radius 3 is 3.06 bits per heavy atom. The van der Waals surface area contributed by atoms with Crippen LogP contribution in [0.2, 0.25) is 0 Å². The molecule has 0 bridgehead atoms. The van der Waals surface area contributed by atoms with Crippen molar-refractivity contribution in [2.24, 2.45) is 0 Å². The van der Waals surface area contributed by atoms with Gasteiger partial charge in [-0.05, 0) is 13.1 Å². The molecule has 84 valence electrons. The Bertz CT molecular complexity index is 521. The molecule has 0 fully saturated rings. The van der Waals surface area contributed by atoms with Crippen molar-refractivity contribution in [3.8, 4) is 0 Å². The lowest BCUT2D eigenvalue weighted by Crippen LogP contribution is -2.15. The van der Waals surface area contributed by atoms with E-state index in [1.807, 2.05) is 7.05 Å². The van der Waals surface area contributed by atoms with E-state index in [1.54, 1.807) is 23.0 Å². The van der Waals surface area contributed by atoms with Gasteiger partial charge in [0.15, 0.2) is 0 Å². The van der Waals surface area contributed by atoms with Crippen LogP contribution in [-0.4, -0.2) is 28.3 Å². The number of nitro groups is 1. The summed E-state index contributed by atoms with van der Waals surface area (Å²) < 4.78 is 1.76. The highest BCUT2D eigenvalue weighted by Gasteiger charge is 2.09. The zero-order chi connectivity index (χ0) is 11.5. The first-order valence-electron chi connectivity index (χ1n) is 4.97. The number of rotatable bonds is 4. The molecule has 0 unspecified atom stereocenters. The Balaban J connectivity index is 2.43. The molecule has 0 atom stereocenters. The van der Waals surface area contributed by atoms with Gasteiger partial charge in [0.05, 0.1) is 23.2 Å². The summed E-state index contributed by atoms with van der Waals surface area (Å²) in [6.45, 7) is 1.47. The minimum absolute atomic E-state index is 0.0960. The van der Waals surface area contributed by atoms with E-state index in [0.29, 0.717) is 6.54 Å². The smallest absolute Gasteiger partial charge is 0.271 e. The number of nitrogens with one attached hydrogen (secondary N) is 1. The number of nitro benzene ring substituents is 1. The molecule has 1 N–H and O–H groups in total. The highest BCUT2D eigenvalue weighted by molar-refractivity contribution is 5.80. The van der Waals surface area contributed by atoms with Gasteiger partial charge in [-0.2, -0.15) is 5.10 Å². The number of hydrogen-bond donors (Lipinski definition) is 1. The maximum absolute atomic E-state index is 10.7. The number of fused-ring (bicyclic) bond motifs is 1. The molecule has 2 aromatic rings. The van der Waals surface area contributed by atoms with Gasteiger partial charge in [0.2, 0.25) is 0 Å². The van der Waals surface area contributed by atoms with Crippen LogP contribution in [0.25, 0.3) is 10.9 Å². The van der Waals surface area contributed by atoms with Crippen LogP contribution in [-0.2, 0) is 6.54 Å². The number of nitrogens with zero attached hydrogens (tertiary/aromatic N) is 3. The van der Waals surface area contributed by atoms with Crippen LogP contribution in [0.5, 0.6) is 0 Å². The van der Waals surface area contributed by atoms with Crippen molar-refractivity contribution in [2.75, 3.05) is 13.6 Å². The monoisotopic (exact) mass is 220 g/mol. The minimum Gasteiger partial charge on any atom is -0.318 e. The Hall–Kier alpha value is -1.95. The van der Waals surface area contributed by atoms with E-state index in [4.69, 9.17) is 0 Å². The summed E-state index contributed by atoms with van der Waals surface area (Å²) in [6, 6.07) is 4.76. The molecule has 0 aliphatic carbocycles. The quantitative estimate of drug-likeness (QED) is 0.620. The summed E-state index contributed by atoms with van der Waals surface area (Å²) >= 11 is 0. The maximum atomic E-state index is 10.7. The van der Waals surface area contributed by atoms with Crippen LogP contribution >= 0.6 is 0 Å². The SMILES string of the molecule is CNCCn1ncc2ccc([N+](=O)[O-])cc21. The first kappa shape index (κ1) is 10.6. The molecule has 6 nitrogen and oxygen atoms in total. The molecular weight excluding hydrogens is 208 g/mol. The van der Waals surface area contributed by atoms with Gasteiger partial charge in [-0.15, -0.1) is 0 Å². The van der Waals surface area contributed by atoms with Gasteiger partial charge in [-0.25, -0.2) is 0 Å². The van der Waals surface area contributed by atoms with E-state index < -0.39 is 4.92 Å². The summed E-state index contributed by atoms with van der Waals surface area (Å²) in [5, 5.41) is 18.8. The van der Waals surface area contributed by atoms with Gasteiger partial charge in [0.25, 0.3) is 5.69 Å². The number of hydrogen-bond acceptors (Lipinski definition) is 4. The van der Waals surface area contributed by atoms with Crippen molar-refractivity contribution < 1.29 is 4.92 Å². The average Bonchev–Trinajstić information content (AvgIpc) is 2.68. The first-order chi connectivity index (χ1) is 7.72. The summed E-state index contributed by atoms with van der Waals surface area (Å²) in [5.74, 6) is 0. The minimum atomic E-state index is -0.394. The molecule has 6 heteroatoms. The summed E-state index contributed by atoms with van der Waals surface area (Å²) in [6.07, 6.45) is 1.72. The van der Waals surface area contributed by atoms with Crippen LogP contribution < -0.4 is 5.32 Å². The summed E-state index contributed by atoms with van der Waals surface area (Å²) in [4.78, 5) is 10.3. The molecule has 0 aliphatic heterocycles. The third-order valence-corrected chi connectivity index (χ3v) is 2.41. The average molecular weight is 220 g/mol. The van der Waals surface area contributed by atoms with Crippen LogP contribution in [0.3, 0.4) is 0 Å². The molecule has 2 rings (SSSR count). The Morgan fingerprint density at radius 1 is 1.56 bits per heavy atom. The van der Waals surface area contributed by atoms with E-state index >= 15 is 0 Å². The fourth-order valence-corrected chi connectivity index (χ4v) is 1.57. The van der Waals surface area contributed by atoms with Gasteiger partial charge < -0.3 is 5.32 Å². The second-order valence-electron chi connectivity index (χ2n) is 3.47. The predicted molar refractivity (Wildman–Crippen MR) is 60.3 cm³/mol. The molecule has 0 saturated carbocycles.